The minimum atomic E-state index is 0.402. The van der Waals surface area contributed by atoms with Crippen molar-refractivity contribution < 1.29 is 0 Å². The van der Waals surface area contributed by atoms with E-state index < -0.39 is 0 Å². The minimum absolute atomic E-state index is 0.402. The van der Waals surface area contributed by atoms with E-state index in [1.54, 1.807) is 4.88 Å². The maximum Gasteiger partial charge on any atom is 0.194 e. The zero-order chi connectivity index (χ0) is 15.3. The van der Waals surface area contributed by atoms with E-state index in [1.807, 2.05) is 11.3 Å². The average Bonchev–Trinajstić information content (AvgIpc) is 3.04. The maximum atomic E-state index is 4.86. The third kappa shape index (κ3) is 2.28. The van der Waals surface area contributed by atoms with Crippen LogP contribution in [0.5, 0.6) is 0 Å². The number of benzene rings is 1. The first kappa shape index (κ1) is 14.0. The van der Waals surface area contributed by atoms with E-state index in [0.717, 1.165) is 16.6 Å². The highest BCUT2D eigenvalue weighted by Crippen LogP contribution is 2.40. The number of aryl methyl sites for hydroxylation is 1. The normalized spacial score (nSPS) is 18.6. The summed E-state index contributed by atoms with van der Waals surface area (Å²) in [5.74, 6) is 0.789. The van der Waals surface area contributed by atoms with Gasteiger partial charge in [0.2, 0.25) is 0 Å². The number of hydrogen-bond donors (Lipinski definition) is 0. The zero-order valence-electron chi connectivity index (χ0n) is 13.5. The summed E-state index contributed by atoms with van der Waals surface area (Å²) < 4.78 is 2.33. The number of nitrogens with zero attached hydrogens (tertiary/aromatic N) is 2. The molecule has 1 aliphatic carbocycles. The van der Waals surface area contributed by atoms with E-state index in [1.165, 1.54) is 30.5 Å². The quantitative estimate of drug-likeness (QED) is 0.603. The number of thiazole rings is 1. The molecule has 1 atom stereocenters. The van der Waals surface area contributed by atoms with Crippen molar-refractivity contribution in [2.75, 3.05) is 0 Å². The Labute approximate surface area is 135 Å². The fourth-order valence-corrected chi connectivity index (χ4v) is 4.70. The van der Waals surface area contributed by atoms with E-state index in [2.05, 4.69) is 61.7 Å². The van der Waals surface area contributed by atoms with E-state index in [0.29, 0.717) is 5.41 Å². The summed E-state index contributed by atoms with van der Waals surface area (Å²) in [4.78, 5) is 7.56. The number of imidazole rings is 1. The van der Waals surface area contributed by atoms with E-state index in [9.17, 15) is 0 Å². The Bertz CT molecular complexity index is 805. The lowest BCUT2D eigenvalue weighted by molar-refractivity contribution is 0.216. The van der Waals surface area contributed by atoms with Crippen molar-refractivity contribution in [2.24, 2.45) is 11.3 Å². The third-order valence-electron chi connectivity index (χ3n) is 4.96. The smallest absolute Gasteiger partial charge is 0.194 e. The molecule has 0 saturated heterocycles. The molecular weight excluding hydrogens is 288 g/mol. The molecule has 114 valence electrons. The second-order valence-corrected chi connectivity index (χ2v) is 8.48. The molecule has 0 spiro atoms. The lowest BCUT2D eigenvalue weighted by atomic mass is 9.73. The summed E-state index contributed by atoms with van der Waals surface area (Å²) in [5, 5.41) is 0. The highest BCUT2D eigenvalue weighted by atomic mass is 32.1. The number of hydrogen-bond acceptors (Lipinski definition) is 2. The van der Waals surface area contributed by atoms with Crippen LogP contribution in [0, 0.1) is 11.3 Å². The molecule has 4 rings (SSSR count). The van der Waals surface area contributed by atoms with Gasteiger partial charge in [0.1, 0.15) is 0 Å². The molecule has 0 unspecified atom stereocenters. The predicted octanol–water partition coefficient (Wildman–Crippen LogP) is 5.21. The Morgan fingerprint density at radius 1 is 1.18 bits per heavy atom. The van der Waals surface area contributed by atoms with Gasteiger partial charge >= 0.3 is 0 Å². The molecule has 3 aromatic rings. The van der Waals surface area contributed by atoms with Crippen LogP contribution >= 0.6 is 11.3 Å². The molecule has 0 saturated carbocycles. The fourth-order valence-electron chi connectivity index (χ4n) is 3.48. The SMILES string of the molecule is CC(C)(C)[C@H]1CCc2c(sc3nc(-c4ccccc4)cn23)C1. The van der Waals surface area contributed by atoms with Gasteiger partial charge in [-0.15, -0.1) is 11.3 Å². The highest BCUT2D eigenvalue weighted by Gasteiger charge is 2.31. The Morgan fingerprint density at radius 2 is 1.95 bits per heavy atom. The molecule has 2 heterocycles. The topological polar surface area (TPSA) is 17.3 Å². The lowest BCUT2D eigenvalue weighted by Gasteiger charge is -2.33. The summed E-state index contributed by atoms with van der Waals surface area (Å²) in [6, 6.07) is 10.5. The molecule has 0 radical (unpaired) electrons. The van der Waals surface area contributed by atoms with Gasteiger partial charge in [0, 0.05) is 22.3 Å². The summed E-state index contributed by atoms with van der Waals surface area (Å²) in [6.45, 7) is 7.11. The van der Waals surface area contributed by atoms with Crippen LogP contribution in [-0.4, -0.2) is 9.38 Å². The van der Waals surface area contributed by atoms with Crippen molar-refractivity contribution in [3.8, 4) is 11.3 Å². The van der Waals surface area contributed by atoms with Crippen LogP contribution in [0.15, 0.2) is 36.5 Å². The molecule has 0 fully saturated rings. The van der Waals surface area contributed by atoms with E-state index in [4.69, 9.17) is 4.98 Å². The fraction of sp³-hybridized carbons (Fsp3) is 0.421. The number of fused-ring (bicyclic) bond motifs is 3. The van der Waals surface area contributed by atoms with Crippen LogP contribution in [0.25, 0.3) is 16.2 Å². The summed E-state index contributed by atoms with van der Waals surface area (Å²) >= 11 is 1.89. The second kappa shape index (κ2) is 4.95. The van der Waals surface area contributed by atoms with Gasteiger partial charge < -0.3 is 0 Å². The molecule has 1 aromatic carbocycles. The van der Waals surface area contributed by atoms with Gasteiger partial charge in [-0.05, 0) is 30.6 Å². The van der Waals surface area contributed by atoms with Crippen LogP contribution in [0.1, 0.15) is 37.8 Å². The van der Waals surface area contributed by atoms with Crippen molar-refractivity contribution in [1.82, 2.24) is 9.38 Å². The Morgan fingerprint density at radius 3 is 2.68 bits per heavy atom. The summed E-state index contributed by atoms with van der Waals surface area (Å²) in [5.41, 5.74) is 4.19. The Kier molecular flexibility index (Phi) is 3.15. The second-order valence-electron chi connectivity index (χ2n) is 7.42. The molecule has 0 N–H and O–H groups in total. The van der Waals surface area contributed by atoms with Gasteiger partial charge in [-0.1, -0.05) is 51.1 Å². The zero-order valence-corrected chi connectivity index (χ0v) is 14.3. The average molecular weight is 310 g/mol. The van der Waals surface area contributed by atoms with Crippen LogP contribution in [-0.2, 0) is 12.8 Å². The van der Waals surface area contributed by atoms with Gasteiger partial charge in [-0.2, -0.15) is 0 Å². The first-order chi connectivity index (χ1) is 10.5. The first-order valence-electron chi connectivity index (χ1n) is 8.07. The summed E-state index contributed by atoms with van der Waals surface area (Å²) in [7, 11) is 0. The molecule has 2 aromatic heterocycles. The molecule has 0 aliphatic heterocycles. The molecule has 0 amide bonds. The van der Waals surface area contributed by atoms with Crippen molar-refractivity contribution in [2.45, 2.75) is 40.0 Å². The van der Waals surface area contributed by atoms with Crippen LogP contribution in [0.4, 0.5) is 0 Å². The van der Waals surface area contributed by atoms with Gasteiger partial charge in [0.25, 0.3) is 0 Å². The molecule has 0 bridgehead atoms. The molecular formula is C19H22N2S. The van der Waals surface area contributed by atoms with Gasteiger partial charge in [-0.3, -0.25) is 4.40 Å². The van der Waals surface area contributed by atoms with Crippen LogP contribution in [0.2, 0.25) is 0 Å². The van der Waals surface area contributed by atoms with Crippen molar-refractivity contribution >= 4 is 16.3 Å². The van der Waals surface area contributed by atoms with E-state index >= 15 is 0 Å². The summed E-state index contributed by atoms with van der Waals surface area (Å²) in [6.07, 6.45) is 5.91. The van der Waals surface area contributed by atoms with Crippen molar-refractivity contribution in [3.63, 3.8) is 0 Å². The largest absolute Gasteiger partial charge is 0.294 e. The lowest BCUT2D eigenvalue weighted by Crippen LogP contribution is -2.26. The van der Waals surface area contributed by atoms with Crippen LogP contribution in [0.3, 0.4) is 0 Å². The van der Waals surface area contributed by atoms with E-state index in [-0.39, 0.29) is 0 Å². The molecule has 1 aliphatic rings. The van der Waals surface area contributed by atoms with Crippen molar-refractivity contribution in [3.05, 3.63) is 47.1 Å². The Hall–Kier alpha value is -1.61. The van der Waals surface area contributed by atoms with Crippen molar-refractivity contribution in [1.29, 1.82) is 0 Å². The first-order valence-corrected chi connectivity index (χ1v) is 8.89. The predicted molar refractivity (Wildman–Crippen MR) is 93.5 cm³/mol. The van der Waals surface area contributed by atoms with Gasteiger partial charge in [0.05, 0.1) is 5.69 Å². The number of rotatable bonds is 1. The standard InChI is InChI=1S/C19H22N2S/c1-19(2,3)14-9-10-16-17(11-14)22-18-20-15(12-21(16)18)13-7-5-4-6-8-13/h4-8,12,14H,9-11H2,1-3H3/t14-/m0/s1. The third-order valence-corrected chi connectivity index (χ3v) is 6.08. The van der Waals surface area contributed by atoms with Gasteiger partial charge in [0.15, 0.2) is 4.96 Å². The molecule has 3 heteroatoms. The van der Waals surface area contributed by atoms with Crippen LogP contribution < -0.4 is 0 Å². The molecule has 22 heavy (non-hydrogen) atoms. The maximum absolute atomic E-state index is 4.86. The minimum Gasteiger partial charge on any atom is -0.294 e. The highest BCUT2D eigenvalue weighted by molar-refractivity contribution is 7.17. The van der Waals surface area contributed by atoms with Gasteiger partial charge in [-0.25, -0.2) is 4.98 Å². The molecule has 2 nitrogen and oxygen atoms in total. The Balaban J connectivity index is 1.73. The monoisotopic (exact) mass is 310 g/mol. The number of aromatic nitrogens is 2.